The van der Waals surface area contributed by atoms with Crippen molar-refractivity contribution in [1.29, 1.82) is 0 Å². The molecule has 0 radical (unpaired) electrons. The van der Waals surface area contributed by atoms with Crippen molar-refractivity contribution in [1.82, 2.24) is 9.38 Å². The Labute approximate surface area is 83.0 Å². The molecular weight excluding hydrogens is 176 g/mol. The third-order valence-electron chi connectivity index (χ3n) is 2.28. The van der Waals surface area contributed by atoms with Gasteiger partial charge in [-0.05, 0) is 12.1 Å². The molecule has 2 heterocycles. The van der Waals surface area contributed by atoms with Gasteiger partial charge in [0.25, 0.3) is 0 Å². The molecule has 4 heteroatoms. The summed E-state index contributed by atoms with van der Waals surface area (Å²) >= 11 is 0. The van der Waals surface area contributed by atoms with Gasteiger partial charge >= 0.3 is 0 Å². The number of hydrogen-bond acceptors (Lipinski definition) is 3. The van der Waals surface area contributed by atoms with Crippen LogP contribution < -0.4 is 10.6 Å². The van der Waals surface area contributed by atoms with Gasteiger partial charge in [-0.25, -0.2) is 4.98 Å². The molecule has 0 aliphatic heterocycles. The molecule has 0 aliphatic carbocycles. The van der Waals surface area contributed by atoms with E-state index in [1.54, 1.807) is 0 Å². The number of anilines is 1. The fourth-order valence-corrected chi connectivity index (χ4v) is 1.58. The van der Waals surface area contributed by atoms with E-state index in [2.05, 4.69) is 16.0 Å². The van der Waals surface area contributed by atoms with E-state index in [-0.39, 0.29) is 0 Å². The number of imidazole rings is 1. The normalized spacial score (nSPS) is 10.8. The third kappa shape index (κ3) is 1.24. The average Bonchev–Trinajstić information content (AvgIpc) is 2.59. The van der Waals surface area contributed by atoms with E-state index >= 15 is 0 Å². The van der Waals surface area contributed by atoms with Crippen LogP contribution in [0.3, 0.4) is 0 Å². The first-order valence-electron chi connectivity index (χ1n) is 4.56. The van der Waals surface area contributed by atoms with Crippen LogP contribution in [0.5, 0.6) is 0 Å². The van der Waals surface area contributed by atoms with E-state index in [0.717, 1.165) is 17.0 Å². The lowest BCUT2D eigenvalue weighted by molar-refractivity contribution is 1.01. The predicted octanol–water partition coefficient (Wildman–Crippen LogP) is 0.859. The Morgan fingerprint density at radius 3 is 2.86 bits per heavy atom. The molecule has 0 fully saturated rings. The van der Waals surface area contributed by atoms with E-state index in [0.29, 0.717) is 6.54 Å². The quantitative estimate of drug-likeness (QED) is 0.764. The van der Waals surface area contributed by atoms with Gasteiger partial charge in [0.1, 0.15) is 12.1 Å². The lowest BCUT2D eigenvalue weighted by atomic mass is 10.3. The SMILES string of the molecule is CN(C)c1cccc2c(CN)ncn12. The summed E-state index contributed by atoms with van der Waals surface area (Å²) in [4.78, 5) is 6.32. The maximum Gasteiger partial charge on any atom is 0.113 e. The Bertz CT molecular complexity index is 444. The van der Waals surface area contributed by atoms with Gasteiger partial charge in [-0.15, -0.1) is 0 Å². The van der Waals surface area contributed by atoms with Crippen molar-refractivity contribution in [2.45, 2.75) is 6.54 Å². The Kier molecular flexibility index (Phi) is 2.13. The van der Waals surface area contributed by atoms with Crippen LogP contribution >= 0.6 is 0 Å². The van der Waals surface area contributed by atoms with Gasteiger partial charge in [-0.3, -0.25) is 4.40 Å². The van der Waals surface area contributed by atoms with Gasteiger partial charge in [0, 0.05) is 20.6 Å². The third-order valence-corrected chi connectivity index (χ3v) is 2.28. The van der Waals surface area contributed by atoms with Crippen molar-refractivity contribution in [2.75, 3.05) is 19.0 Å². The molecule has 4 nitrogen and oxygen atoms in total. The monoisotopic (exact) mass is 190 g/mol. The highest BCUT2D eigenvalue weighted by molar-refractivity contribution is 5.58. The largest absolute Gasteiger partial charge is 0.364 e. The number of fused-ring (bicyclic) bond motifs is 1. The van der Waals surface area contributed by atoms with Crippen LogP contribution in [0.2, 0.25) is 0 Å². The summed E-state index contributed by atoms with van der Waals surface area (Å²) in [5, 5.41) is 0. The smallest absolute Gasteiger partial charge is 0.113 e. The molecule has 0 unspecified atom stereocenters. The standard InChI is InChI=1S/C10H14N4/c1-13(2)10-5-3-4-9-8(6-11)12-7-14(9)10/h3-5,7H,6,11H2,1-2H3. The summed E-state index contributed by atoms with van der Waals surface area (Å²) in [6.07, 6.45) is 1.81. The Morgan fingerprint density at radius 2 is 2.21 bits per heavy atom. The molecule has 0 atom stereocenters. The van der Waals surface area contributed by atoms with E-state index in [9.17, 15) is 0 Å². The van der Waals surface area contributed by atoms with Crippen LogP contribution in [0, 0.1) is 0 Å². The number of aromatic nitrogens is 2. The second-order valence-electron chi connectivity index (χ2n) is 3.43. The van der Waals surface area contributed by atoms with Crippen LogP contribution in [0.4, 0.5) is 5.82 Å². The van der Waals surface area contributed by atoms with Crippen LogP contribution in [0.15, 0.2) is 24.5 Å². The first-order valence-corrected chi connectivity index (χ1v) is 4.56. The van der Waals surface area contributed by atoms with Crippen LogP contribution in [0.1, 0.15) is 5.69 Å². The van der Waals surface area contributed by atoms with E-state index in [4.69, 9.17) is 5.73 Å². The first-order chi connectivity index (χ1) is 6.74. The molecule has 2 rings (SSSR count). The maximum absolute atomic E-state index is 5.60. The molecule has 0 bridgehead atoms. The lowest BCUT2D eigenvalue weighted by Gasteiger charge is -2.14. The summed E-state index contributed by atoms with van der Waals surface area (Å²) in [5.41, 5.74) is 7.62. The molecule has 0 spiro atoms. The van der Waals surface area contributed by atoms with Crippen molar-refractivity contribution < 1.29 is 0 Å². The predicted molar refractivity (Wildman–Crippen MR) is 57.4 cm³/mol. The van der Waals surface area contributed by atoms with Gasteiger partial charge < -0.3 is 10.6 Å². The zero-order valence-corrected chi connectivity index (χ0v) is 8.44. The molecule has 74 valence electrons. The van der Waals surface area contributed by atoms with Crippen LogP contribution in [-0.2, 0) is 6.54 Å². The molecule has 2 aromatic rings. The van der Waals surface area contributed by atoms with Crippen molar-refractivity contribution in [2.24, 2.45) is 5.73 Å². The van der Waals surface area contributed by atoms with Gasteiger partial charge in [0.05, 0.1) is 11.2 Å². The molecule has 0 amide bonds. The molecule has 2 aromatic heterocycles. The fraction of sp³-hybridized carbons (Fsp3) is 0.300. The highest BCUT2D eigenvalue weighted by Gasteiger charge is 2.05. The molecule has 0 saturated heterocycles. The molecule has 14 heavy (non-hydrogen) atoms. The topological polar surface area (TPSA) is 46.6 Å². The number of pyridine rings is 1. The Hall–Kier alpha value is -1.55. The van der Waals surface area contributed by atoms with Crippen molar-refractivity contribution >= 4 is 11.3 Å². The van der Waals surface area contributed by atoms with Gasteiger partial charge in [0.2, 0.25) is 0 Å². The minimum Gasteiger partial charge on any atom is -0.364 e. The minimum atomic E-state index is 0.480. The molecule has 2 N–H and O–H groups in total. The Morgan fingerprint density at radius 1 is 1.43 bits per heavy atom. The van der Waals surface area contributed by atoms with Gasteiger partial charge in [-0.2, -0.15) is 0 Å². The maximum atomic E-state index is 5.60. The highest BCUT2D eigenvalue weighted by atomic mass is 15.2. The van der Waals surface area contributed by atoms with Gasteiger partial charge in [0.15, 0.2) is 0 Å². The van der Waals surface area contributed by atoms with Crippen LogP contribution in [-0.4, -0.2) is 23.5 Å². The average molecular weight is 190 g/mol. The minimum absolute atomic E-state index is 0.480. The van der Waals surface area contributed by atoms with Crippen molar-refractivity contribution in [3.63, 3.8) is 0 Å². The van der Waals surface area contributed by atoms with Crippen molar-refractivity contribution in [3.05, 3.63) is 30.2 Å². The number of rotatable bonds is 2. The summed E-state index contributed by atoms with van der Waals surface area (Å²) in [7, 11) is 4.02. The summed E-state index contributed by atoms with van der Waals surface area (Å²) < 4.78 is 2.04. The zero-order chi connectivity index (χ0) is 10.1. The molecule has 0 saturated carbocycles. The first kappa shape index (κ1) is 9.02. The molecule has 0 aromatic carbocycles. The van der Waals surface area contributed by atoms with E-state index < -0.39 is 0 Å². The Balaban J connectivity index is 2.70. The number of nitrogens with zero attached hydrogens (tertiary/aromatic N) is 3. The number of nitrogens with two attached hydrogens (primary N) is 1. The highest BCUT2D eigenvalue weighted by Crippen LogP contribution is 2.17. The summed E-state index contributed by atoms with van der Waals surface area (Å²) in [6, 6.07) is 6.10. The van der Waals surface area contributed by atoms with Crippen molar-refractivity contribution in [3.8, 4) is 0 Å². The van der Waals surface area contributed by atoms with E-state index in [1.807, 2.05) is 37.0 Å². The summed E-state index contributed by atoms with van der Waals surface area (Å²) in [5.74, 6) is 1.11. The molecule has 0 aliphatic rings. The lowest BCUT2D eigenvalue weighted by Crippen LogP contribution is -2.12. The second-order valence-corrected chi connectivity index (χ2v) is 3.43. The fourth-order valence-electron chi connectivity index (χ4n) is 1.58. The van der Waals surface area contributed by atoms with E-state index in [1.165, 1.54) is 0 Å². The molecular formula is C10H14N4. The second kappa shape index (κ2) is 3.31. The van der Waals surface area contributed by atoms with Crippen LogP contribution in [0.25, 0.3) is 5.52 Å². The number of hydrogen-bond donors (Lipinski definition) is 1. The van der Waals surface area contributed by atoms with Gasteiger partial charge in [-0.1, -0.05) is 6.07 Å². The zero-order valence-electron chi connectivity index (χ0n) is 8.44. The summed E-state index contributed by atoms with van der Waals surface area (Å²) in [6.45, 7) is 0.480.